The summed E-state index contributed by atoms with van der Waals surface area (Å²) in [5, 5.41) is 4.73. The van der Waals surface area contributed by atoms with Crippen molar-refractivity contribution in [2.45, 2.75) is 31.9 Å². The van der Waals surface area contributed by atoms with E-state index in [9.17, 15) is 0 Å². The van der Waals surface area contributed by atoms with Gasteiger partial charge in [-0.05, 0) is 50.6 Å². The Morgan fingerprint density at radius 3 is 2.59 bits per heavy atom. The maximum Gasteiger partial charge on any atom is 0.0543 e. The summed E-state index contributed by atoms with van der Waals surface area (Å²) in [5.74, 6) is 0. The highest BCUT2D eigenvalue weighted by Crippen LogP contribution is 2.29. The minimum atomic E-state index is 0.207. The fraction of sp³-hybridized carbons (Fsp3) is 0.538. The molecule has 0 aliphatic heterocycles. The van der Waals surface area contributed by atoms with Crippen LogP contribution in [-0.4, -0.2) is 20.3 Å². The molecule has 0 bridgehead atoms. The van der Waals surface area contributed by atoms with Crippen molar-refractivity contribution in [3.8, 4) is 0 Å². The maximum atomic E-state index is 6.19. The highest BCUT2D eigenvalue weighted by atomic mass is 35.5. The summed E-state index contributed by atoms with van der Waals surface area (Å²) in [6.07, 6.45) is 2.19. The molecule has 0 heterocycles. The lowest BCUT2D eigenvalue weighted by molar-refractivity contribution is 0.106. The topological polar surface area (TPSA) is 21.3 Å². The second-order valence-corrected chi connectivity index (χ2v) is 4.97. The molecular formula is C13H19Cl2NO. The zero-order valence-corrected chi connectivity index (χ0v) is 12.0. The first-order valence-corrected chi connectivity index (χ1v) is 6.49. The van der Waals surface area contributed by atoms with Gasteiger partial charge in [0.05, 0.1) is 6.10 Å². The summed E-state index contributed by atoms with van der Waals surface area (Å²) in [7, 11) is 3.66. The van der Waals surface area contributed by atoms with Gasteiger partial charge < -0.3 is 10.1 Å². The molecule has 0 aromatic heterocycles. The Bertz CT molecular complexity index is 357. The van der Waals surface area contributed by atoms with Gasteiger partial charge in [-0.1, -0.05) is 23.2 Å². The average Bonchev–Trinajstić information content (AvgIpc) is 2.33. The molecule has 0 saturated heterocycles. The van der Waals surface area contributed by atoms with E-state index in [1.165, 1.54) is 0 Å². The van der Waals surface area contributed by atoms with Gasteiger partial charge >= 0.3 is 0 Å². The van der Waals surface area contributed by atoms with Crippen molar-refractivity contribution in [3.05, 3.63) is 33.8 Å². The van der Waals surface area contributed by atoms with E-state index in [1.807, 2.05) is 19.2 Å². The Morgan fingerprint density at radius 2 is 2.00 bits per heavy atom. The van der Waals surface area contributed by atoms with Crippen molar-refractivity contribution >= 4 is 23.2 Å². The molecule has 96 valence electrons. The van der Waals surface area contributed by atoms with Crippen LogP contribution in [0.25, 0.3) is 0 Å². The summed E-state index contributed by atoms with van der Waals surface area (Å²) < 4.78 is 5.25. The van der Waals surface area contributed by atoms with E-state index in [0.717, 1.165) is 23.4 Å². The number of hydrogen-bond donors (Lipinski definition) is 1. The summed E-state index contributed by atoms with van der Waals surface area (Å²) >= 11 is 12.2. The van der Waals surface area contributed by atoms with Crippen LogP contribution in [0.2, 0.25) is 10.0 Å². The molecule has 0 radical (unpaired) electrons. The van der Waals surface area contributed by atoms with Crippen LogP contribution in [0.1, 0.15) is 31.4 Å². The lowest BCUT2D eigenvalue weighted by Gasteiger charge is -2.20. The molecule has 0 aliphatic carbocycles. The molecule has 0 spiro atoms. The van der Waals surface area contributed by atoms with Crippen LogP contribution in [0.3, 0.4) is 0 Å². The van der Waals surface area contributed by atoms with Gasteiger partial charge in [0.25, 0.3) is 0 Å². The molecule has 0 aliphatic rings. The van der Waals surface area contributed by atoms with Gasteiger partial charge in [0.1, 0.15) is 0 Å². The molecule has 1 N–H and O–H groups in total. The molecule has 0 fully saturated rings. The van der Waals surface area contributed by atoms with Crippen LogP contribution in [0.15, 0.2) is 18.2 Å². The Morgan fingerprint density at radius 1 is 1.29 bits per heavy atom. The number of halogens is 2. The Hall–Kier alpha value is -0.280. The molecule has 17 heavy (non-hydrogen) atoms. The fourth-order valence-electron chi connectivity index (χ4n) is 1.76. The lowest BCUT2D eigenvalue weighted by Crippen LogP contribution is -2.19. The molecule has 4 heteroatoms. The largest absolute Gasteiger partial charge is 0.382 e. The quantitative estimate of drug-likeness (QED) is 0.845. The number of benzene rings is 1. The fourth-order valence-corrected chi connectivity index (χ4v) is 2.19. The second kappa shape index (κ2) is 7.22. The lowest BCUT2D eigenvalue weighted by atomic mass is 10.0. The Labute approximate surface area is 113 Å². The van der Waals surface area contributed by atoms with Gasteiger partial charge in [-0.25, -0.2) is 0 Å². The van der Waals surface area contributed by atoms with E-state index in [4.69, 9.17) is 27.9 Å². The van der Waals surface area contributed by atoms with Crippen LogP contribution in [0.5, 0.6) is 0 Å². The van der Waals surface area contributed by atoms with E-state index >= 15 is 0 Å². The minimum absolute atomic E-state index is 0.207. The number of hydrogen-bond acceptors (Lipinski definition) is 2. The van der Waals surface area contributed by atoms with Crippen LogP contribution in [0.4, 0.5) is 0 Å². The first-order valence-electron chi connectivity index (χ1n) is 5.73. The normalized spacial score (nSPS) is 14.6. The van der Waals surface area contributed by atoms with Crippen molar-refractivity contribution in [3.63, 3.8) is 0 Å². The van der Waals surface area contributed by atoms with E-state index in [1.54, 1.807) is 13.2 Å². The highest BCUT2D eigenvalue weighted by Gasteiger charge is 2.14. The van der Waals surface area contributed by atoms with Crippen molar-refractivity contribution < 1.29 is 4.74 Å². The number of nitrogens with one attached hydrogen (secondary N) is 1. The third kappa shape index (κ3) is 4.47. The van der Waals surface area contributed by atoms with E-state index in [0.29, 0.717) is 5.02 Å². The zero-order valence-electron chi connectivity index (χ0n) is 10.5. The minimum Gasteiger partial charge on any atom is -0.382 e. The molecular weight excluding hydrogens is 257 g/mol. The smallest absolute Gasteiger partial charge is 0.0543 e. The van der Waals surface area contributed by atoms with E-state index < -0.39 is 0 Å². The van der Waals surface area contributed by atoms with Crippen molar-refractivity contribution in [1.82, 2.24) is 5.32 Å². The van der Waals surface area contributed by atoms with Crippen LogP contribution >= 0.6 is 23.2 Å². The van der Waals surface area contributed by atoms with Crippen LogP contribution < -0.4 is 5.32 Å². The zero-order chi connectivity index (χ0) is 12.8. The predicted octanol–water partition coefficient (Wildman–Crippen LogP) is 4.07. The number of methoxy groups -OCH3 is 1. The van der Waals surface area contributed by atoms with Crippen molar-refractivity contribution in [1.29, 1.82) is 0 Å². The van der Waals surface area contributed by atoms with Crippen LogP contribution in [0, 0.1) is 0 Å². The van der Waals surface area contributed by atoms with Crippen LogP contribution in [-0.2, 0) is 4.74 Å². The molecule has 1 rings (SSSR count). The summed E-state index contributed by atoms with van der Waals surface area (Å²) in [6, 6.07) is 5.77. The van der Waals surface area contributed by atoms with E-state index in [2.05, 4.69) is 12.2 Å². The second-order valence-electron chi connectivity index (χ2n) is 4.13. The highest BCUT2D eigenvalue weighted by molar-refractivity contribution is 6.33. The summed E-state index contributed by atoms with van der Waals surface area (Å²) in [5.41, 5.74) is 1.05. The number of rotatable bonds is 6. The molecule has 2 atom stereocenters. The third-order valence-corrected chi connectivity index (χ3v) is 3.53. The predicted molar refractivity (Wildman–Crippen MR) is 74.0 cm³/mol. The van der Waals surface area contributed by atoms with Crippen molar-refractivity contribution in [2.24, 2.45) is 0 Å². The first-order chi connectivity index (χ1) is 8.08. The van der Waals surface area contributed by atoms with Gasteiger partial charge in [0.15, 0.2) is 0 Å². The van der Waals surface area contributed by atoms with Gasteiger partial charge in [0.2, 0.25) is 0 Å². The summed E-state index contributed by atoms with van der Waals surface area (Å²) in [6.45, 7) is 2.06. The molecule has 1 aromatic rings. The molecule has 0 amide bonds. The maximum absolute atomic E-state index is 6.19. The SMILES string of the molecule is CNC(CCC(C)OC)c1cc(Cl)ccc1Cl. The Kier molecular flexibility index (Phi) is 6.28. The monoisotopic (exact) mass is 275 g/mol. The average molecular weight is 276 g/mol. The summed E-state index contributed by atoms with van der Waals surface area (Å²) in [4.78, 5) is 0. The molecule has 2 nitrogen and oxygen atoms in total. The molecule has 1 aromatic carbocycles. The van der Waals surface area contributed by atoms with Gasteiger partial charge in [-0.3, -0.25) is 0 Å². The first kappa shape index (κ1) is 14.8. The molecule has 0 saturated carbocycles. The van der Waals surface area contributed by atoms with Gasteiger partial charge in [-0.15, -0.1) is 0 Å². The molecule has 2 unspecified atom stereocenters. The van der Waals surface area contributed by atoms with E-state index in [-0.39, 0.29) is 12.1 Å². The number of ether oxygens (including phenoxy) is 1. The van der Waals surface area contributed by atoms with Crippen molar-refractivity contribution in [2.75, 3.05) is 14.2 Å². The standard InChI is InChI=1S/C13H19Cl2NO/c1-9(17-3)4-7-13(16-2)11-8-10(14)5-6-12(11)15/h5-6,8-9,13,16H,4,7H2,1-3H3. The Balaban J connectivity index is 2.75. The third-order valence-electron chi connectivity index (χ3n) is 2.95. The van der Waals surface area contributed by atoms with Gasteiger partial charge in [0, 0.05) is 23.2 Å². The van der Waals surface area contributed by atoms with Gasteiger partial charge in [-0.2, -0.15) is 0 Å².